The van der Waals surface area contributed by atoms with Crippen LogP contribution in [0.4, 0.5) is 34.1 Å². The second kappa shape index (κ2) is 15.9. The molecule has 0 saturated carbocycles. The molecule has 10 aromatic rings. The van der Waals surface area contributed by atoms with E-state index in [2.05, 4.69) is 282 Å². The minimum absolute atomic E-state index is 0.155. The van der Waals surface area contributed by atoms with Crippen molar-refractivity contribution in [2.45, 2.75) is 57.8 Å². The van der Waals surface area contributed by atoms with Crippen molar-refractivity contribution in [1.29, 1.82) is 0 Å². The maximum absolute atomic E-state index is 2.51. The zero-order chi connectivity index (χ0) is 48.2. The number of fused-ring (bicyclic) bond motifs is 8. The fraction of sp³-hybridized carbons (Fsp3) is 0.130. The maximum Gasteiger partial charge on any atom is 0.0506 e. The minimum Gasteiger partial charge on any atom is -0.310 e. The summed E-state index contributed by atoms with van der Waals surface area (Å²) in [4.78, 5) is 4.89. The third-order valence-electron chi connectivity index (χ3n) is 16.2. The van der Waals surface area contributed by atoms with Crippen molar-refractivity contribution in [2.75, 3.05) is 9.80 Å². The SMILES string of the molecule is CC1(C)c2cc(-c3ccc(/C=C/c4ccc5cc(-c6ccc7c(c6)C(C)(C)c6ccccc6N7c6ccccc6)ccc5c4)cc3)ccc2-c2cc3c(cc21)N(c1ccccc1)c1ccccc1C3(C)C. The number of anilines is 6. The van der Waals surface area contributed by atoms with Gasteiger partial charge in [-0.1, -0.05) is 193 Å². The summed E-state index contributed by atoms with van der Waals surface area (Å²) in [5.74, 6) is 0. The molecule has 0 N–H and O–H groups in total. The molecular weight excluding hydrogens is 857 g/mol. The van der Waals surface area contributed by atoms with Crippen LogP contribution in [0.5, 0.6) is 0 Å². The van der Waals surface area contributed by atoms with E-state index in [1.807, 2.05) is 0 Å². The Labute approximate surface area is 418 Å². The Bertz CT molecular complexity index is 3780. The van der Waals surface area contributed by atoms with Gasteiger partial charge in [0.1, 0.15) is 0 Å². The van der Waals surface area contributed by atoms with Crippen LogP contribution in [0.2, 0.25) is 0 Å². The normalized spacial score (nSPS) is 15.4. The summed E-state index contributed by atoms with van der Waals surface area (Å²) in [5.41, 5.74) is 25.0. The summed E-state index contributed by atoms with van der Waals surface area (Å²) in [6.45, 7) is 14.3. The maximum atomic E-state index is 2.51. The summed E-state index contributed by atoms with van der Waals surface area (Å²) in [6.07, 6.45) is 4.46. The molecule has 0 radical (unpaired) electrons. The first-order valence-corrected chi connectivity index (χ1v) is 25.2. The monoisotopic (exact) mass is 912 g/mol. The Morgan fingerprint density at radius 2 is 0.718 bits per heavy atom. The van der Waals surface area contributed by atoms with Gasteiger partial charge in [0.15, 0.2) is 0 Å². The molecule has 2 heteroatoms. The first-order chi connectivity index (χ1) is 34.4. The van der Waals surface area contributed by atoms with E-state index >= 15 is 0 Å². The lowest BCUT2D eigenvalue weighted by atomic mass is 9.72. The molecular formula is C69H56N2. The van der Waals surface area contributed by atoms with E-state index < -0.39 is 0 Å². The molecule has 10 aromatic carbocycles. The van der Waals surface area contributed by atoms with Crippen LogP contribution >= 0.6 is 0 Å². The number of nitrogens with zero attached hydrogens (tertiary/aromatic N) is 2. The molecule has 0 unspecified atom stereocenters. The Morgan fingerprint density at radius 3 is 1.39 bits per heavy atom. The van der Waals surface area contributed by atoms with Crippen LogP contribution in [0.25, 0.3) is 56.3 Å². The topological polar surface area (TPSA) is 6.48 Å². The molecule has 2 aliphatic heterocycles. The average molecular weight is 913 g/mol. The van der Waals surface area contributed by atoms with Crippen molar-refractivity contribution < 1.29 is 0 Å². The highest BCUT2D eigenvalue weighted by Gasteiger charge is 2.43. The molecule has 342 valence electrons. The van der Waals surface area contributed by atoms with Crippen LogP contribution in [0.1, 0.15) is 86.1 Å². The summed E-state index contributed by atoms with van der Waals surface area (Å²) in [7, 11) is 0. The lowest BCUT2D eigenvalue weighted by Crippen LogP contribution is -2.31. The van der Waals surface area contributed by atoms with Gasteiger partial charge in [-0.05, 0) is 168 Å². The predicted octanol–water partition coefficient (Wildman–Crippen LogP) is 18.9. The Morgan fingerprint density at radius 1 is 0.282 bits per heavy atom. The molecule has 0 bridgehead atoms. The second-order valence-corrected chi connectivity index (χ2v) is 21.4. The number of hydrogen-bond acceptors (Lipinski definition) is 2. The first kappa shape index (κ1) is 42.9. The standard InChI is InChI=1S/C69H56N2/c1-67(2)57-21-13-15-23-63(57)70(53-17-9-7-10-18-53)65-38-36-52(42-61(65)67)50-34-33-48-39-46(29-32-49(48)40-50)26-25-45-27-30-47(31-28-45)51-35-37-55-56-43-62-66(44-60(56)69(5,6)59(55)41-51)71(54-19-11-8-12-20-54)64-24-16-14-22-58(64)68(62,3)4/h7-44H,1-6H3/b26-25+. The van der Waals surface area contributed by atoms with Gasteiger partial charge in [-0.2, -0.15) is 0 Å². The van der Waals surface area contributed by atoms with E-state index in [0.29, 0.717) is 0 Å². The van der Waals surface area contributed by atoms with E-state index in [1.54, 1.807) is 0 Å². The molecule has 0 fully saturated rings. The van der Waals surface area contributed by atoms with E-state index in [1.165, 1.54) is 123 Å². The van der Waals surface area contributed by atoms with Gasteiger partial charge in [-0.25, -0.2) is 0 Å². The summed E-state index contributed by atoms with van der Waals surface area (Å²) in [6, 6.07) is 81.3. The first-order valence-electron chi connectivity index (χ1n) is 25.2. The lowest BCUT2D eigenvalue weighted by Gasteiger charge is -2.42. The van der Waals surface area contributed by atoms with Gasteiger partial charge in [-0.15, -0.1) is 0 Å². The molecule has 0 aromatic heterocycles. The Kier molecular flexibility index (Phi) is 9.61. The van der Waals surface area contributed by atoms with Crippen LogP contribution in [-0.4, -0.2) is 0 Å². The quantitative estimate of drug-likeness (QED) is 0.153. The third-order valence-corrected chi connectivity index (χ3v) is 16.2. The molecule has 2 nitrogen and oxygen atoms in total. The fourth-order valence-electron chi connectivity index (χ4n) is 12.2. The van der Waals surface area contributed by atoms with E-state index in [9.17, 15) is 0 Å². The summed E-state index contributed by atoms with van der Waals surface area (Å²) >= 11 is 0. The van der Waals surface area contributed by atoms with Crippen molar-refractivity contribution in [3.63, 3.8) is 0 Å². The second-order valence-electron chi connectivity index (χ2n) is 21.4. The molecule has 71 heavy (non-hydrogen) atoms. The zero-order valence-corrected chi connectivity index (χ0v) is 41.3. The number of benzene rings is 10. The summed E-state index contributed by atoms with van der Waals surface area (Å²) < 4.78 is 0. The highest BCUT2D eigenvalue weighted by atomic mass is 15.2. The van der Waals surface area contributed by atoms with Gasteiger partial charge in [-0.3, -0.25) is 0 Å². The zero-order valence-electron chi connectivity index (χ0n) is 41.3. The van der Waals surface area contributed by atoms with Gasteiger partial charge >= 0.3 is 0 Å². The van der Waals surface area contributed by atoms with Crippen molar-refractivity contribution in [3.05, 3.63) is 263 Å². The van der Waals surface area contributed by atoms with Crippen molar-refractivity contribution >= 4 is 57.0 Å². The highest BCUT2D eigenvalue weighted by Crippen LogP contribution is 2.58. The number of hydrogen-bond donors (Lipinski definition) is 0. The van der Waals surface area contributed by atoms with Crippen molar-refractivity contribution in [2.24, 2.45) is 0 Å². The minimum atomic E-state index is -0.166. The third kappa shape index (κ3) is 6.76. The van der Waals surface area contributed by atoms with E-state index in [-0.39, 0.29) is 16.2 Å². The molecule has 0 spiro atoms. The van der Waals surface area contributed by atoms with Crippen molar-refractivity contribution in [1.82, 2.24) is 0 Å². The largest absolute Gasteiger partial charge is 0.310 e. The smallest absolute Gasteiger partial charge is 0.0506 e. The van der Waals surface area contributed by atoms with E-state index in [4.69, 9.17) is 0 Å². The highest BCUT2D eigenvalue weighted by molar-refractivity contribution is 5.94. The van der Waals surface area contributed by atoms with Crippen LogP contribution in [0.15, 0.2) is 218 Å². The van der Waals surface area contributed by atoms with Crippen LogP contribution in [0.3, 0.4) is 0 Å². The lowest BCUT2D eigenvalue weighted by molar-refractivity contribution is 0.627. The molecule has 0 saturated heterocycles. The molecule has 1 aliphatic carbocycles. The number of para-hydroxylation sites is 4. The molecule has 0 atom stereocenters. The average Bonchev–Trinajstić information content (AvgIpc) is 3.62. The molecule has 3 aliphatic rings. The van der Waals surface area contributed by atoms with Crippen LogP contribution < -0.4 is 9.80 Å². The van der Waals surface area contributed by atoms with Crippen molar-refractivity contribution in [3.8, 4) is 33.4 Å². The molecule has 2 heterocycles. The van der Waals surface area contributed by atoms with Gasteiger partial charge in [0.05, 0.1) is 22.7 Å². The van der Waals surface area contributed by atoms with Gasteiger partial charge in [0.2, 0.25) is 0 Å². The Balaban J connectivity index is 0.756. The summed E-state index contributed by atoms with van der Waals surface area (Å²) in [5, 5.41) is 2.47. The molecule has 13 rings (SSSR count). The molecule has 0 amide bonds. The van der Waals surface area contributed by atoms with E-state index in [0.717, 1.165) is 0 Å². The Hall–Kier alpha value is -8.20. The van der Waals surface area contributed by atoms with Crippen LogP contribution in [0, 0.1) is 0 Å². The fourth-order valence-corrected chi connectivity index (χ4v) is 12.2. The van der Waals surface area contributed by atoms with Gasteiger partial charge in [0.25, 0.3) is 0 Å². The number of rotatable bonds is 6. The van der Waals surface area contributed by atoms with Gasteiger partial charge < -0.3 is 9.80 Å². The predicted molar refractivity (Wildman–Crippen MR) is 301 cm³/mol. The van der Waals surface area contributed by atoms with Gasteiger partial charge in [0, 0.05) is 27.6 Å². The van der Waals surface area contributed by atoms with Crippen LogP contribution in [-0.2, 0) is 16.2 Å².